The van der Waals surface area contributed by atoms with E-state index in [1.165, 1.54) is 28.2 Å². The lowest BCUT2D eigenvalue weighted by molar-refractivity contribution is 0.211. The summed E-state index contributed by atoms with van der Waals surface area (Å²) in [7, 11) is 1.69. The van der Waals surface area contributed by atoms with Crippen LogP contribution in [0.15, 0.2) is 48.5 Å². The number of thiazole rings is 1. The second-order valence-corrected chi connectivity index (χ2v) is 9.41. The lowest BCUT2D eigenvalue weighted by atomic mass is 10.0. The van der Waals surface area contributed by atoms with Crippen molar-refractivity contribution in [3.05, 3.63) is 70.4 Å². The number of fused-ring (bicyclic) bond motifs is 1. The fraction of sp³-hybridized carbons (Fsp3) is 0.360. The lowest BCUT2D eigenvalue weighted by Gasteiger charge is -2.40. The van der Waals surface area contributed by atoms with Crippen LogP contribution >= 0.6 is 11.3 Å². The summed E-state index contributed by atoms with van der Waals surface area (Å²) < 4.78 is 6.88. The molecule has 0 amide bonds. The minimum atomic E-state index is -0.0396. The molecule has 172 valence electrons. The van der Waals surface area contributed by atoms with Crippen molar-refractivity contribution in [3.63, 3.8) is 0 Å². The van der Waals surface area contributed by atoms with Crippen LogP contribution in [0, 0.1) is 6.92 Å². The summed E-state index contributed by atoms with van der Waals surface area (Å²) in [6.45, 7) is 7.72. The van der Waals surface area contributed by atoms with Crippen molar-refractivity contribution in [1.29, 1.82) is 0 Å². The highest BCUT2D eigenvalue weighted by Gasteiger charge is 2.31. The predicted molar refractivity (Wildman–Crippen MR) is 132 cm³/mol. The highest BCUT2D eigenvalue weighted by Crippen LogP contribution is 2.40. The molecule has 1 aliphatic heterocycles. The largest absolute Gasteiger partial charge is 0.497 e. The number of aryl methyl sites for hydroxylation is 2. The maximum absolute atomic E-state index is 11.1. The van der Waals surface area contributed by atoms with Crippen molar-refractivity contribution in [2.24, 2.45) is 0 Å². The molecule has 1 fully saturated rings. The van der Waals surface area contributed by atoms with Gasteiger partial charge in [-0.05, 0) is 36.8 Å². The maximum atomic E-state index is 11.1. The molecular formula is C25H29N5O2S. The molecule has 33 heavy (non-hydrogen) atoms. The average molecular weight is 464 g/mol. The smallest absolute Gasteiger partial charge is 0.230 e. The summed E-state index contributed by atoms with van der Waals surface area (Å²) >= 11 is 1.53. The minimum Gasteiger partial charge on any atom is -0.497 e. The number of piperazine rings is 1. The first kappa shape index (κ1) is 21.7. The number of anilines is 1. The lowest BCUT2D eigenvalue weighted by Crippen LogP contribution is -2.47. The number of hydrogen-bond acceptors (Lipinski definition) is 7. The van der Waals surface area contributed by atoms with Gasteiger partial charge in [0.15, 0.2) is 5.82 Å². The Morgan fingerprint density at radius 1 is 1.03 bits per heavy atom. The zero-order chi connectivity index (χ0) is 22.9. The standard InChI is InChI=1S/C25H29N5O2S/c1-4-21-26-25-30(27-21)24(31)23(33-25)22(18-7-5-17(2)6-8-18)29-15-13-28(14-16-29)19-9-11-20(32-3)12-10-19/h5-12,22,31H,4,13-16H2,1-3H3. The van der Waals surface area contributed by atoms with Gasteiger partial charge in [-0.3, -0.25) is 4.90 Å². The van der Waals surface area contributed by atoms with E-state index in [0.717, 1.165) is 54.0 Å². The van der Waals surface area contributed by atoms with Crippen molar-refractivity contribution < 1.29 is 9.84 Å². The second kappa shape index (κ2) is 9.03. The highest BCUT2D eigenvalue weighted by molar-refractivity contribution is 7.17. The van der Waals surface area contributed by atoms with Crippen molar-refractivity contribution in [1.82, 2.24) is 19.5 Å². The molecular weight excluding hydrogens is 434 g/mol. The van der Waals surface area contributed by atoms with Gasteiger partial charge < -0.3 is 14.7 Å². The summed E-state index contributed by atoms with van der Waals surface area (Å²) in [5.41, 5.74) is 3.60. The van der Waals surface area contributed by atoms with Crippen LogP contribution in [0.1, 0.15) is 34.8 Å². The molecule has 8 heteroatoms. The molecule has 1 unspecified atom stereocenters. The SMILES string of the molecule is CCc1nc2sc(C(c3ccc(C)cc3)N3CCN(c4ccc(OC)cc4)CC3)c(O)n2n1. The van der Waals surface area contributed by atoms with Crippen LogP contribution in [0.3, 0.4) is 0 Å². The third-order valence-electron chi connectivity index (χ3n) is 6.32. The number of hydrogen-bond donors (Lipinski definition) is 1. The number of benzene rings is 2. The van der Waals surface area contributed by atoms with Gasteiger partial charge >= 0.3 is 0 Å². The van der Waals surface area contributed by atoms with Crippen molar-refractivity contribution in [2.75, 3.05) is 38.2 Å². The summed E-state index contributed by atoms with van der Waals surface area (Å²) in [6, 6.07) is 16.8. The zero-order valence-electron chi connectivity index (χ0n) is 19.2. The van der Waals surface area contributed by atoms with Gasteiger partial charge in [0, 0.05) is 38.3 Å². The van der Waals surface area contributed by atoms with Gasteiger partial charge in [0.1, 0.15) is 5.75 Å². The fourth-order valence-corrected chi connectivity index (χ4v) is 5.56. The van der Waals surface area contributed by atoms with Crippen LogP contribution in [0.5, 0.6) is 11.6 Å². The Balaban J connectivity index is 1.44. The average Bonchev–Trinajstić information content (AvgIpc) is 3.40. The van der Waals surface area contributed by atoms with E-state index in [9.17, 15) is 5.11 Å². The number of nitrogens with zero attached hydrogens (tertiary/aromatic N) is 5. The van der Waals surface area contributed by atoms with Crippen LogP contribution in [-0.4, -0.2) is 57.9 Å². The molecule has 0 saturated carbocycles. The molecule has 0 aliphatic carbocycles. The Hall–Kier alpha value is -3.10. The highest BCUT2D eigenvalue weighted by atomic mass is 32.1. The molecule has 0 radical (unpaired) electrons. The summed E-state index contributed by atoms with van der Waals surface area (Å²) in [4.78, 5) is 11.1. The molecule has 2 aromatic heterocycles. The molecule has 1 aliphatic rings. The molecule has 4 aromatic rings. The fourth-order valence-electron chi connectivity index (χ4n) is 4.43. The second-order valence-electron chi connectivity index (χ2n) is 8.40. The van der Waals surface area contributed by atoms with E-state index in [0.29, 0.717) is 0 Å². The molecule has 1 saturated heterocycles. The normalized spacial score (nSPS) is 15.8. The van der Waals surface area contributed by atoms with Crippen LogP contribution in [0.4, 0.5) is 5.69 Å². The van der Waals surface area contributed by atoms with Crippen molar-refractivity contribution in [2.45, 2.75) is 26.3 Å². The predicted octanol–water partition coefficient (Wildman–Crippen LogP) is 4.29. The molecule has 1 N–H and O–H groups in total. The third-order valence-corrected chi connectivity index (χ3v) is 7.39. The Kier molecular flexibility index (Phi) is 5.95. The Labute approximate surface area is 197 Å². The first-order valence-corrected chi connectivity index (χ1v) is 12.2. The molecule has 1 atom stereocenters. The topological polar surface area (TPSA) is 66.1 Å². The van der Waals surface area contributed by atoms with Gasteiger partial charge in [-0.2, -0.15) is 4.52 Å². The minimum absolute atomic E-state index is 0.0396. The monoisotopic (exact) mass is 463 g/mol. The summed E-state index contributed by atoms with van der Waals surface area (Å²) in [6.07, 6.45) is 0.748. The van der Waals surface area contributed by atoms with Crippen LogP contribution in [0.2, 0.25) is 0 Å². The molecule has 2 aromatic carbocycles. The molecule has 7 nitrogen and oxygen atoms in total. The van der Waals surface area contributed by atoms with Crippen LogP contribution in [-0.2, 0) is 6.42 Å². The zero-order valence-corrected chi connectivity index (χ0v) is 20.0. The number of aromatic hydroxyl groups is 1. The van der Waals surface area contributed by atoms with Gasteiger partial charge in [0.25, 0.3) is 0 Å². The van der Waals surface area contributed by atoms with E-state index in [4.69, 9.17) is 4.74 Å². The first-order valence-electron chi connectivity index (χ1n) is 11.3. The molecule has 0 spiro atoms. The quantitative estimate of drug-likeness (QED) is 0.460. The Bertz CT molecular complexity index is 1220. The first-order chi connectivity index (χ1) is 16.1. The summed E-state index contributed by atoms with van der Waals surface area (Å²) in [5, 5.41) is 15.6. The Morgan fingerprint density at radius 3 is 2.33 bits per heavy atom. The molecule has 3 heterocycles. The number of aromatic nitrogens is 3. The van der Waals surface area contributed by atoms with Gasteiger partial charge in [-0.15, -0.1) is 5.10 Å². The van der Waals surface area contributed by atoms with E-state index in [1.54, 1.807) is 11.6 Å². The van der Waals surface area contributed by atoms with Crippen LogP contribution < -0.4 is 9.64 Å². The van der Waals surface area contributed by atoms with Gasteiger partial charge in [-0.25, -0.2) is 4.98 Å². The van der Waals surface area contributed by atoms with Gasteiger partial charge in [0.05, 0.1) is 18.0 Å². The van der Waals surface area contributed by atoms with Crippen molar-refractivity contribution in [3.8, 4) is 11.6 Å². The van der Waals surface area contributed by atoms with E-state index in [1.807, 2.05) is 19.1 Å². The van der Waals surface area contributed by atoms with Gasteiger partial charge in [0.2, 0.25) is 10.8 Å². The third kappa shape index (κ3) is 4.16. The number of methoxy groups -OCH3 is 1. The van der Waals surface area contributed by atoms with Crippen LogP contribution in [0.25, 0.3) is 4.96 Å². The van der Waals surface area contributed by atoms with E-state index in [2.05, 4.69) is 63.2 Å². The maximum Gasteiger partial charge on any atom is 0.230 e. The van der Waals surface area contributed by atoms with Gasteiger partial charge in [-0.1, -0.05) is 48.1 Å². The Morgan fingerprint density at radius 2 is 1.73 bits per heavy atom. The summed E-state index contributed by atoms with van der Waals surface area (Å²) in [5.74, 6) is 1.82. The van der Waals surface area contributed by atoms with E-state index >= 15 is 0 Å². The molecule has 0 bridgehead atoms. The van der Waals surface area contributed by atoms with E-state index in [-0.39, 0.29) is 11.9 Å². The molecule has 5 rings (SSSR count). The number of ether oxygens (including phenoxy) is 1. The number of rotatable bonds is 6. The van der Waals surface area contributed by atoms with E-state index < -0.39 is 0 Å². The van der Waals surface area contributed by atoms with Crippen molar-refractivity contribution >= 4 is 22.0 Å².